The zero-order valence-corrected chi connectivity index (χ0v) is 13.4. The van der Waals surface area contributed by atoms with Crippen molar-refractivity contribution in [3.8, 4) is 0 Å². The van der Waals surface area contributed by atoms with Crippen LogP contribution in [0.5, 0.6) is 0 Å². The maximum atomic E-state index is 11.9. The number of rotatable bonds is 5. The number of hydrogen-bond acceptors (Lipinski definition) is 3. The fourth-order valence-corrected chi connectivity index (χ4v) is 3.02. The molecule has 0 heterocycles. The van der Waals surface area contributed by atoms with Crippen LogP contribution in [0.3, 0.4) is 0 Å². The van der Waals surface area contributed by atoms with E-state index < -0.39 is 0 Å². The maximum Gasteiger partial charge on any atom is 0.225 e. The van der Waals surface area contributed by atoms with Crippen molar-refractivity contribution in [2.75, 3.05) is 16.8 Å². The van der Waals surface area contributed by atoms with Gasteiger partial charge in [0.15, 0.2) is 0 Å². The smallest absolute Gasteiger partial charge is 0.225 e. The van der Waals surface area contributed by atoms with Gasteiger partial charge in [0, 0.05) is 22.1 Å². The van der Waals surface area contributed by atoms with Crippen molar-refractivity contribution in [1.29, 1.82) is 0 Å². The second-order valence-corrected chi connectivity index (χ2v) is 6.29. The van der Waals surface area contributed by atoms with E-state index in [4.69, 9.17) is 28.9 Å². The highest BCUT2D eigenvalue weighted by Crippen LogP contribution is 2.27. The third kappa shape index (κ3) is 4.84. The number of benzene rings is 2. The van der Waals surface area contributed by atoms with Gasteiger partial charge < -0.3 is 11.1 Å². The molecule has 0 aliphatic heterocycles. The Bertz CT molecular complexity index is 649. The lowest BCUT2D eigenvalue weighted by atomic mass is 10.2. The number of thioether (sulfide) groups is 1. The SMILES string of the molecule is Nc1ccc(Cl)cc1NC(=O)CCSc1ccccc1Cl. The fourth-order valence-electron chi connectivity index (χ4n) is 1.66. The first-order valence-electron chi connectivity index (χ1n) is 6.28. The lowest BCUT2D eigenvalue weighted by Crippen LogP contribution is -2.13. The van der Waals surface area contributed by atoms with Crippen LogP contribution in [0.2, 0.25) is 10.0 Å². The van der Waals surface area contributed by atoms with E-state index in [1.54, 1.807) is 30.0 Å². The number of hydrogen-bond donors (Lipinski definition) is 2. The summed E-state index contributed by atoms with van der Waals surface area (Å²) in [4.78, 5) is 12.9. The fraction of sp³-hybridized carbons (Fsp3) is 0.133. The van der Waals surface area contributed by atoms with Crippen LogP contribution in [0, 0.1) is 0 Å². The van der Waals surface area contributed by atoms with Crippen molar-refractivity contribution < 1.29 is 4.79 Å². The first kappa shape index (κ1) is 16.0. The molecule has 2 aromatic carbocycles. The third-order valence-corrected chi connectivity index (χ3v) is 4.46. The van der Waals surface area contributed by atoms with Gasteiger partial charge in [-0.1, -0.05) is 35.3 Å². The molecule has 0 bridgehead atoms. The van der Waals surface area contributed by atoms with Crippen LogP contribution in [0.25, 0.3) is 0 Å². The largest absolute Gasteiger partial charge is 0.397 e. The Morgan fingerprint density at radius 3 is 2.71 bits per heavy atom. The first-order chi connectivity index (χ1) is 10.1. The minimum Gasteiger partial charge on any atom is -0.397 e. The van der Waals surface area contributed by atoms with Crippen molar-refractivity contribution in [3.63, 3.8) is 0 Å². The Hall–Kier alpha value is -1.36. The summed E-state index contributed by atoms with van der Waals surface area (Å²) >= 11 is 13.5. The van der Waals surface area contributed by atoms with E-state index in [-0.39, 0.29) is 5.91 Å². The number of anilines is 2. The molecular formula is C15H14Cl2N2OS. The Balaban J connectivity index is 1.85. The van der Waals surface area contributed by atoms with Crippen molar-refractivity contribution in [3.05, 3.63) is 52.5 Å². The summed E-state index contributed by atoms with van der Waals surface area (Å²) in [5.41, 5.74) is 6.81. The molecule has 3 N–H and O–H groups in total. The molecule has 2 rings (SSSR count). The van der Waals surface area contributed by atoms with Crippen LogP contribution in [0.15, 0.2) is 47.4 Å². The highest BCUT2D eigenvalue weighted by Gasteiger charge is 2.07. The van der Waals surface area contributed by atoms with Gasteiger partial charge in [-0.25, -0.2) is 0 Å². The van der Waals surface area contributed by atoms with Crippen molar-refractivity contribution in [2.24, 2.45) is 0 Å². The molecule has 6 heteroatoms. The minimum atomic E-state index is -0.108. The number of nitrogens with two attached hydrogens (primary N) is 1. The highest BCUT2D eigenvalue weighted by molar-refractivity contribution is 7.99. The molecule has 0 fully saturated rings. The average molecular weight is 341 g/mol. The van der Waals surface area contributed by atoms with Gasteiger partial charge >= 0.3 is 0 Å². The number of carbonyl (C=O) groups excluding carboxylic acids is 1. The van der Waals surface area contributed by atoms with Crippen LogP contribution in [-0.2, 0) is 4.79 Å². The number of nitrogens with one attached hydrogen (secondary N) is 1. The summed E-state index contributed by atoms with van der Waals surface area (Å²) < 4.78 is 0. The molecule has 3 nitrogen and oxygen atoms in total. The predicted octanol–water partition coefficient (Wildman–Crippen LogP) is 4.70. The van der Waals surface area contributed by atoms with Gasteiger partial charge in [-0.2, -0.15) is 0 Å². The van der Waals surface area contributed by atoms with Crippen LogP contribution in [0.1, 0.15) is 6.42 Å². The molecular weight excluding hydrogens is 327 g/mol. The molecule has 2 aromatic rings. The monoisotopic (exact) mass is 340 g/mol. The van der Waals surface area contributed by atoms with Crippen molar-refractivity contribution in [2.45, 2.75) is 11.3 Å². The van der Waals surface area contributed by atoms with Gasteiger partial charge in [0.25, 0.3) is 0 Å². The quantitative estimate of drug-likeness (QED) is 0.612. The van der Waals surface area contributed by atoms with Crippen LogP contribution in [-0.4, -0.2) is 11.7 Å². The van der Waals surface area contributed by atoms with Gasteiger partial charge in [-0.05, 0) is 30.3 Å². The van der Waals surface area contributed by atoms with Crippen molar-refractivity contribution in [1.82, 2.24) is 0 Å². The van der Waals surface area contributed by atoms with Gasteiger partial charge in [-0.3, -0.25) is 4.79 Å². The Morgan fingerprint density at radius 2 is 1.95 bits per heavy atom. The molecule has 0 aromatic heterocycles. The second-order valence-electron chi connectivity index (χ2n) is 4.31. The van der Waals surface area contributed by atoms with Gasteiger partial charge in [0.2, 0.25) is 5.91 Å². The van der Waals surface area contributed by atoms with E-state index in [9.17, 15) is 4.79 Å². The molecule has 0 radical (unpaired) electrons. The van der Waals surface area contributed by atoms with E-state index in [1.807, 2.05) is 24.3 Å². The van der Waals surface area contributed by atoms with Crippen LogP contribution >= 0.6 is 35.0 Å². The Morgan fingerprint density at radius 1 is 1.19 bits per heavy atom. The molecule has 0 atom stereocenters. The molecule has 0 saturated heterocycles. The number of halogens is 2. The summed E-state index contributed by atoms with van der Waals surface area (Å²) in [6.07, 6.45) is 0.363. The van der Waals surface area contributed by atoms with Crippen molar-refractivity contribution >= 4 is 52.2 Å². The summed E-state index contributed by atoms with van der Waals surface area (Å²) in [5.74, 6) is 0.527. The predicted molar refractivity (Wildman–Crippen MR) is 91.3 cm³/mol. The van der Waals surface area contributed by atoms with E-state index >= 15 is 0 Å². The van der Waals surface area contributed by atoms with Gasteiger partial charge in [0.05, 0.1) is 16.4 Å². The highest BCUT2D eigenvalue weighted by atomic mass is 35.5. The van der Waals surface area contributed by atoms with E-state index in [0.717, 1.165) is 4.90 Å². The zero-order chi connectivity index (χ0) is 15.2. The molecule has 0 saturated carbocycles. The molecule has 110 valence electrons. The van der Waals surface area contributed by atoms with E-state index in [2.05, 4.69) is 5.32 Å². The lowest BCUT2D eigenvalue weighted by Gasteiger charge is -2.08. The summed E-state index contributed by atoms with van der Waals surface area (Å²) in [6.45, 7) is 0. The van der Waals surface area contributed by atoms with Crippen LogP contribution in [0.4, 0.5) is 11.4 Å². The van der Waals surface area contributed by atoms with E-state index in [1.165, 1.54) is 0 Å². The molecule has 0 aliphatic rings. The van der Waals surface area contributed by atoms with Gasteiger partial charge in [0.1, 0.15) is 0 Å². The third-order valence-electron chi connectivity index (χ3n) is 2.71. The number of nitrogen functional groups attached to an aromatic ring is 1. The first-order valence-corrected chi connectivity index (χ1v) is 8.02. The Kier molecular flexibility index (Phi) is 5.79. The number of amides is 1. The van der Waals surface area contributed by atoms with E-state index in [0.29, 0.717) is 33.6 Å². The summed E-state index contributed by atoms with van der Waals surface area (Å²) in [5, 5.41) is 3.99. The molecule has 0 aliphatic carbocycles. The maximum absolute atomic E-state index is 11.9. The topological polar surface area (TPSA) is 55.1 Å². The lowest BCUT2D eigenvalue weighted by molar-refractivity contribution is -0.115. The molecule has 0 spiro atoms. The summed E-state index contributed by atoms with van der Waals surface area (Å²) in [6, 6.07) is 12.5. The summed E-state index contributed by atoms with van der Waals surface area (Å²) in [7, 11) is 0. The molecule has 0 unspecified atom stereocenters. The Labute approximate surface area is 137 Å². The second kappa shape index (κ2) is 7.59. The zero-order valence-electron chi connectivity index (χ0n) is 11.1. The average Bonchev–Trinajstić information content (AvgIpc) is 2.45. The number of carbonyl (C=O) groups is 1. The minimum absolute atomic E-state index is 0.108. The van der Waals surface area contributed by atoms with Gasteiger partial charge in [-0.15, -0.1) is 11.8 Å². The molecule has 1 amide bonds. The standard InChI is InChI=1S/C15H14Cl2N2OS/c16-10-5-6-12(18)13(9-10)19-15(20)7-8-21-14-4-2-1-3-11(14)17/h1-6,9H,7-8,18H2,(H,19,20). The normalized spacial score (nSPS) is 10.4. The molecule has 21 heavy (non-hydrogen) atoms. The van der Waals surface area contributed by atoms with Crippen LogP contribution < -0.4 is 11.1 Å².